The smallest absolute Gasteiger partial charge is 0.320 e. The Morgan fingerprint density at radius 2 is 1.78 bits per heavy atom. The van der Waals surface area contributed by atoms with Gasteiger partial charge in [0.05, 0.1) is 25.3 Å². The van der Waals surface area contributed by atoms with E-state index in [2.05, 4.69) is 41.0 Å². The molecule has 0 radical (unpaired) electrons. The molecule has 5 rings (SSSR count). The van der Waals surface area contributed by atoms with Gasteiger partial charge in [0.1, 0.15) is 18.8 Å². The van der Waals surface area contributed by atoms with E-state index in [1.165, 1.54) is 32.1 Å². The highest BCUT2D eigenvalue weighted by atomic mass is 79.9. The molecular weight excluding hydrogens is 586 g/mol. The quantitative estimate of drug-likeness (QED) is 0.256. The van der Waals surface area contributed by atoms with Gasteiger partial charge in [-0.1, -0.05) is 41.3 Å². The highest BCUT2D eigenvalue weighted by Crippen LogP contribution is 2.36. The van der Waals surface area contributed by atoms with Crippen LogP contribution in [0.15, 0.2) is 47.2 Å². The van der Waals surface area contributed by atoms with E-state index >= 15 is 0 Å². The van der Waals surface area contributed by atoms with E-state index in [-0.39, 0.29) is 5.97 Å². The van der Waals surface area contributed by atoms with Gasteiger partial charge in [-0.25, -0.2) is 9.97 Å². The molecule has 1 aromatic heterocycles. The van der Waals surface area contributed by atoms with Crippen molar-refractivity contribution in [3.63, 3.8) is 0 Å². The van der Waals surface area contributed by atoms with Gasteiger partial charge in [0.25, 0.3) is 0 Å². The highest BCUT2D eigenvalue weighted by Gasteiger charge is 2.21. The van der Waals surface area contributed by atoms with Crippen LogP contribution < -0.4 is 14.8 Å². The molecule has 1 aliphatic heterocycles. The summed E-state index contributed by atoms with van der Waals surface area (Å²) in [5.74, 6) is 2.58. The lowest BCUT2D eigenvalue weighted by atomic mass is 9.90. The van der Waals surface area contributed by atoms with Crippen molar-refractivity contribution < 1.29 is 19.0 Å². The van der Waals surface area contributed by atoms with Gasteiger partial charge in [-0.3, -0.25) is 14.6 Å². The van der Waals surface area contributed by atoms with Crippen LogP contribution in [-0.2, 0) is 9.53 Å². The topological polar surface area (TPSA) is 89.1 Å². The van der Waals surface area contributed by atoms with Crippen LogP contribution >= 0.6 is 15.9 Å². The number of halogens is 1. The Kier molecular flexibility index (Phi) is 10.7. The average molecular weight is 627 g/mol. The molecule has 1 saturated carbocycles. The number of nitrogens with zero attached hydrogens (tertiary/aromatic N) is 4. The average Bonchev–Trinajstić information content (AvgIpc) is 2.98. The summed E-state index contributed by atoms with van der Waals surface area (Å²) in [5.41, 5.74) is 1.74. The van der Waals surface area contributed by atoms with Crippen LogP contribution in [0.3, 0.4) is 0 Å². The number of hydrogen-bond acceptors (Lipinski definition) is 9. The predicted octanol–water partition coefficient (Wildman–Crippen LogP) is 5.65. The minimum Gasteiger partial charge on any atom is -0.489 e. The number of anilines is 2. The fourth-order valence-corrected chi connectivity index (χ4v) is 5.90. The number of fused-ring (bicyclic) bond motifs is 1. The molecule has 2 aromatic carbocycles. The predicted molar refractivity (Wildman–Crippen MR) is 164 cm³/mol. The maximum atomic E-state index is 11.8. The van der Waals surface area contributed by atoms with Gasteiger partial charge in [-0.2, -0.15) is 0 Å². The lowest BCUT2D eigenvalue weighted by molar-refractivity contribution is -0.144. The summed E-state index contributed by atoms with van der Waals surface area (Å²) in [7, 11) is 0. The van der Waals surface area contributed by atoms with Gasteiger partial charge in [0, 0.05) is 54.3 Å². The molecule has 0 atom stereocenters. The fraction of sp³-hybridized carbons (Fsp3) is 0.516. The number of carbonyl (C=O) groups is 1. The maximum absolute atomic E-state index is 11.8. The highest BCUT2D eigenvalue weighted by molar-refractivity contribution is 9.10. The number of hydrogen-bond donors (Lipinski definition) is 1. The monoisotopic (exact) mass is 625 g/mol. The van der Waals surface area contributed by atoms with Crippen molar-refractivity contribution in [2.24, 2.45) is 5.92 Å². The van der Waals surface area contributed by atoms with E-state index in [0.29, 0.717) is 38.0 Å². The largest absolute Gasteiger partial charge is 0.489 e. The Labute approximate surface area is 250 Å². The first-order valence-corrected chi connectivity index (χ1v) is 15.5. The fourth-order valence-electron chi connectivity index (χ4n) is 5.50. The van der Waals surface area contributed by atoms with Crippen LogP contribution in [-0.4, -0.2) is 84.8 Å². The van der Waals surface area contributed by atoms with E-state index in [1.54, 1.807) is 6.33 Å². The van der Waals surface area contributed by atoms with Gasteiger partial charge in [-0.05, 0) is 49.9 Å². The molecule has 1 saturated heterocycles. The Morgan fingerprint density at radius 3 is 2.56 bits per heavy atom. The number of ether oxygens (including phenoxy) is 3. The molecule has 9 nitrogen and oxygen atoms in total. The SMILES string of the molecule is CCOC(=O)CN1CCN(CCOc2cc3c(Nc4cccc(Br)c4)ncnc3cc2OCC2CCCCC2)CC1. The van der Waals surface area contributed by atoms with Crippen LogP contribution in [0.1, 0.15) is 39.0 Å². The summed E-state index contributed by atoms with van der Waals surface area (Å²) in [6.07, 6.45) is 7.89. The Bertz CT molecular complexity index is 1290. The summed E-state index contributed by atoms with van der Waals surface area (Å²) in [5, 5.41) is 4.30. The molecule has 3 aromatic rings. The van der Waals surface area contributed by atoms with Crippen LogP contribution in [0.5, 0.6) is 11.5 Å². The summed E-state index contributed by atoms with van der Waals surface area (Å²) < 4.78 is 18.9. The molecule has 41 heavy (non-hydrogen) atoms. The third kappa shape index (κ3) is 8.53. The zero-order valence-corrected chi connectivity index (χ0v) is 25.4. The lowest BCUT2D eigenvalue weighted by Crippen LogP contribution is -2.49. The van der Waals surface area contributed by atoms with E-state index in [9.17, 15) is 4.79 Å². The summed E-state index contributed by atoms with van der Waals surface area (Å²) in [4.78, 5) is 25.4. The lowest BCUT2D eigenvalue weighted by Gasteiger charge is -2.33. The normalized spacial score (nSPS) is 16.9. The summed E-state index contributed by atoms with van der Waals surface area (Å²) >= 11 is 3.54. The second kappa shape index (κ2) is 14.8. The van der Waals surface area contributed by atoms with Gasteiger partial charge in [0.2, 0.25) is 0 Å². The van der Waals surface area contributed by atoms with E-state index in [4.69, 9.17) is 14.2 Å². The van der Waals surface area contributed by atoms with Crippen molar-refractivity contribution in [2.75, 3.05) is 64.4 Å². The van der Waals surface area contributed by atoms with Gasteiger partial charge in [-0.15, -0.1) is 0 Å². The van der Waals surface area contributed by atoms with Crippen molar-refractivity contribution >= 4 is 44.3 Å². The molecule has 220 valence electrons. The van der Waals surface area contributed by atoms with Crippen LogP contribution in [0.2, 0.25) is 0 Å². The van der Waals surface area contributed by atoms with Gasteiger partial charge < -0.3 is 19.5 Å². The first-order chi connectivity index (χ1) is 20.1. The standard InChI is InChI=1S/C31H40BrN5O4/c1-2-39-30(38)20-37-13-11-36(12-14-37)15-16-40-28-18-26-27(19-29(28)41-21-23-7-4-3-5-8-23)33-22-34-31(26)35-25-10-6-9-24(32)17-25/h6,9-10,17-19,22-23H,2-5,7-8,11-16,20-21H2,1H3,(H,33,34,35). The van der Waals surface area contributed by atoms with E-state index < -0.39 is 0 Å². The zero-order valence-electron chi connectivity index (χ0n) is 23.8. The number of nitrogens with one attached hydrogen (secondary N) is 1. The van der Waals surface area contributed by atoms with Crippen molar-refractivity contribution in [3.05, 3.63) is 47.2 Å². The van der Waals surface area contributed by atoms with Crippen molar-refractivity contribution in [1.82, 2.24) is 19.8 Å². The molecule has 1 aliphatic carbocycles. The van der Waals surface area contributed by atoms with Crippen molar-refractivity contribution in [1.29, 1.82) is 0 Å². The number of carbonyl (C=O) groups excluding carboxylic acids is 1. The Hall–Kier alpha value is -2.95. The van der Waals surface area contributed by atoms with Gasteiger partial charge in [0.15, 0.2) is 11.5 Å². The van der Waals surface area contributed by atoms with Crippen LogP contribution in [0.25, 0.3) is 10.9 Å². The van der Waals surface area contributed by atoms with Crippen LogP contribution in [0.4, 0.5) is 11.5 Å². The second-order valence-electron chi connectivity index (χ2n) is 10.8. The number of rotatable bonds is 12. The minimum absolute atomic E-state index is 0.154. The van der Waals surface area contributed by atoms with Crippen LogP contribution in [0, 0.1) is 5.92 Å². The Balaban J connectivity index is 1.27. The molecule has 0 amide bonds. The number of esters is 1. The molecule has 2 heterocycles. The van der Waals surface area contributed by atoms with E-state index in [0.717, 1.165) is 65.4 Å². The molecule has 2 aliphatic rings. The number of benzene rings is 2. The van der Waals surface area contributed by atoms with E-state index in [1.807, 2.05) is 43.3 Å². The van der Waals surface area contributed by atoms with Crippen molar-refractivity contribution in [3.8, 4) is 11.5 Å². The third-order valence-corrected chi connectivity index (χ3v) is 8.27. The second-order valence-corrected chi connectivity index (χ2v) is 11.7. The summed E-state index contributed by atoms with van der Waals surface area (Å²) in [6, 6.07) is 12.0. The number of aromatic nitrogens is 2. The summed E-state index contributed by atoms with van der Waals surface area (Å²) in [6.45, 7) is 8.09. The van der Waals surface area contributed by atoms with Gasteiger partial charge >= 0.3 is 5.97 Å². The molecule has 0 spiro atoms. The maximum Gasteiger partial charge on any atom is 0.320 e. The zero-order chi connectivity index (χ0) is 28.4. The molecule has 1 N–H and O–H groups in total. The molecular formula is C31H40BrN5O4. The number of piperazine rings is 1. The molecule has 10 heteroatoms. The Morgan fingerprint density at radius 1 is 1.00 bits per heavy atom. The molecule has 2 fully saturated rings. The molecule has 0 unspecified atom stereocenters. The van der Waals surface area contributed by atoms with Crippen molar-refractivity contribution in [2.45, 2.75) is 39.0 Å². The third-order valence-electron chi connectivity index (χ3n) is 7.78. The first-order valence-electron chi connectivity index (χ1n) is 14.7. The first kappa shape index (κ1) is 29.5. The molecule has 0 bridgehead atoms. The minimum atomic E-state index is -0.154.